The molecule has 0 saturated carbocycles. The second-order valence-electron chi connectivity index (χ2n) is 1.41. The number of rotatable bonds is 1. The maximum absolute atomic E-state index is 10.1. The Morgan fingerprint density at radius 3 is 2.56 bits per heavy atom. The molecule has 0 aromatic carbocycles. The zero-order valence-electron chi connectivity index (χ0n) is 4.30. The van der Waals surface area contributed by atoms with Crippen LogP contribution in [0.3, 0.4) is 0 Å². The summed E-state index contributed by atoms with van der Waals surface area (Å²) < 4.78 is 4.51. The van der Waals surface area contributed by atoms with Gasteiger partial charge in [0.15, 0.2) is 5.22 Å². The van der Waals surface area contributed by atoms with Crippen molar-refractivity contribution in [2.24, 2.45) is 0 Å². The lowest BCUT2D eigenvalue weighted by Crippen LogP contribution is -1.91. The standard InChI is InChI=1S/C5H3ClO3/c6-4-2-1-3(9-4)5(7)8/h1-2H,(H,7,8)/i1+1,2+1,3+1,4+1,5+1. The Morgan fingerprint density at radius 1 is 1.67 bits per heavy atom. The number of carbonyl (C=O) groups is 1. The third-order valence-corrected chi connectivity index (χ3v) is 0.987. The maximum Gasteiger partial charge on any atom is 0.371 e. The molecule has 3 nitrogen and oxygen atoms in total. The topological polar surface area (TPSA) is 50.4 Å². The van der Waals surface area contributed by atoms with Gasteiger partial charge in [-0.2, -0.15) is 0 Å². The third kappa shape index (κ3) is 1.23. The largest absolute Gasteiger partial charge is 0.475 e. The van der Waals surface area contributed by atoms with E-state index in [2.05, 4.69) is 4.42 Å². The van der Waals surface area contributed by atoms with Crippen LogP contribution < -0.4 is 0 Å². The minimum Gasteiger partial charge on any atom is -0.475 e. The lowest BCUT2D eigenvalue weighted by Gasteiger charge is -1.80. The number of carboxylic acid groups (broad SMARTS) is 1. The fourth-order valence-corrected chi connectivity index (χ4v) is 0.575. The van der Waals surface area contributed by atoms with Crippen molar-refractivity contribution in [2.45, 2.75) is 0 Å². The molecule has 0 aliphatic rings. The minimum absolute atomic E-state index is 0.0902. The number of carboxylic acids is 1. The molecule has 0 amide bonds. The summed E-state index contributed by atoms with van der Waals surface area (Å²) in [6.07, 6.45) is 0. The van der Waals surface area contributed by atoms with Gasteiger partial charge in [-0.25, -0.2) is 4.79 Å². The van der Waals surface area contributed by atoms with Gasteiger partial charge in [-0.3, -0.25) is 0 Å². The Hall–Kier alpha value is -0.960. The molecule has 0 atom stereocenters. The van der Waals surface area contributed by atoms with Crippen LogP contribution in [-0.4, -0.2) is 11.1 Å². The Kier molecular flexibility index (Phi) is 1.44. The van der Waals surface area contributed by atoms with E-state index in [0.29, 0.717) is 0 Å². The van der Waals surface area contributed by atoms with Crippen molar-refractivity contribution in [3.8, 4) is 0 Å². The van der Waals surface area contributed by atoms with Crippen molar-refractivity contribution >= 4 is 17.6 Å². The second-order valence-corrected chi connectivity index (χ2v) is 1.78. The van der Waals surface area contributed by atoms with Crippen LogP contribution >= 0.6 is 11.6 Å². The molecular formula is C5H3ClO3. The van der Waals surface area contributed by atoms with Crippen LogP contribution in [-0.2, 0) is 0 Å². The average molecular weight is 151 g/mol. The van der Waals surface area contributed by atoms with Crippen molar-refractivity contribution in [1.29, 1.82) is 0 Å². The molecule has 0 fully saturated rings. The van der Waals surface area contributed by atoms with E-state index in [-0.39, 0.29) is 11.0 Å². The highest BCUT2D eigenvalue weighted by Crippen LogP contribution is 2.12. The van der Waals surface area contributed by atoms with Gasteiger partial charge < -0.3 is 9.52 Å². The first-order valence-electron chi connectivity index (χ1n) is 2.19. The van der Waals surface area contributed by atoms with Gasteiger partial charge in [0.05, 0.1) is 0 Å². The SMILES string of the molecule is O=[13C](O)[13c]1[13cH][13cH][13c](Cl)o1. The number of hydrogen-bond acceptors (Lipinski definition) is 2. The highest BCUT2D eigenvalue weighted by molar-refractivity contribution is 6.29. The highest BCUT2D eigenvalue weighted by Gasteiger charge is 2.05. The van der Waals surface area contributed by atoms with Crippen molar-refractivity contribution in [1.82, 2.24) is 0 Å². The molecule has 0 aliphatic carbocycles. The fraction of sp³-hybridized carbons (Fsp3) is 0. The summed E-state index contributed by atoms with van der Waals surface area (Å²) in [6, 6.07) is 2.68. The van der Waals surface area contributed by atoms with E-state index in [4.69, 9.17) is 16.7 Å². The van der Waals surface area contributed by atoms with Gasteiger partial charge >= 0.3 is 5.97 Å². The predicted molar refractivity (Wildman–Crippen MR) is 30.7 cm³/mol. The van der Waals surface area contributed by atoms with Crippen LogP contribution in [0, 0.1) is 0 Å². The van der Waals surface area contributed by atoms with Crippen molar-refractivity contribution in [3.63, 3.8) is 0 Å². The molecule has 1 N–H and O–H groups in total. The molecule has 9 heavy (non-hydrogen) atoms. The smallest absolute Gasteiger partial charge is 0.371 e. The van der Waals surface area contributed by atoms with Gasteiger partial charge in [-0.15, -0.1) is 0 Å². The predicted octanol–water partition coefficient (Wildman–Crippen LogP) is 1.63. The molecule has 0 spiro atoms. The van der Waals surface area contributed by atoms with E-state index in [0.717, 1.165) is 0 Å². The molecule has 0 saturated heterocycles. The first kappa shape index (κ1) is 6.16. The van der Waals surface area contributed by atoms with Gasteiger partial charge in [0.2, 0.25) is 5.76 Å². The summed E-state index contributed by atoms with van der Waals surface area (Å²) >= 11 is 5.27. The average Bonchev–Trinajstić information content (AvgIpc) is 2.14. The summed E-state index contributed by atoms with van der Waals surface area (Å²) in [6.45, 7) is 0. The normalized spacial score (nSPS) is 9.44. The minimum atomic E-state index is -1.11. The second kappa shape index (κ2) is 2.11. The third-order valence-electron chi connectivity index (χ3n) is 0.784. The first-order chi connectivity index (χ1) is 4.20. The van der Waals surface area contributed by atoms with Gasteiger partial charge in [0.1, 0.15) is 0 Å². The van der Waals surface area contributed by atoms with Crippen molar-refractivity contribution < 1.29 is 14.3 Å². The molecule has 48 valence electrons. The van der Waals surface area contributed by atoms with Gasteiger partial charge in [-0.1, -0.05) is 0 Å². The zero-order chi connectivity index (χ0) is 6.85. The van der Waals surface area contributed by atoms with E-state index in [9.17, 15) is 4.79 Å². The summed E-state index contributed by atoms with van der Waals surface area (Å²) in [7, 11) is 0. The number of furan rings is 1. The monoisotopic (exact) mass is 151 g/mol. The van der Waals surface area contributed by atoms with Crippen LogP contribution in [0.25, 0.3) is 0 Å². The Bertz CT molecular complexity index is 228. The van der Waals surface area contributed by atoms with Crippen LogP contribution in [0.4, 0.5) is 0 Å². The van der Waals surface area contributed by atoms with E-state index in [1.807, 2.05) is 0 Å². The molecule has 0 aliphatic heterocycles. The molecule has 0 bridgehead atoms. The zero-order valence-corrected chi connectivity index (χ0v) is 5.05. The number of halogens is 1. The molecule has 4 heteroatoms. The molecule has 0 radical (unpaired) electrons. The lowest BCUT2D eigenvalue weighted by molar-refractivity contribution is 0.0662. The molecule has 1 aromatic rings. The van der Waals surface area contributed by atoms with Crippen LogP contribution in [0.2, 0.25) is 5.22 Å². The van der Waals surface area contributed by atoms with E-state index >= 15 is 0 Å². The maximum atomic E-state index is 10.1. The van der Waals surface area contributed by atoms with E-state index < -0.39 is 5.97 Å². The summed E-state index contributed by atoms with van der Waals surface area (Å²) in [5.74, 6) is -1.25. The van der Waals surface area contributed by atoms with Crippen LogP contribution in [0.15, 0.2) is 16.5 Å². The first-order valence-corrected chi connectivity index (χ1v) is 2.56. The van der Waals surface area contributed by atoms with Gasteiger partial charge in [-0.05, 0) is 23.7 Å². The Balaban J connectivity index is 2.98. The highest BCUT2D eigenvalue weighted by atomic mass is 35.5. The molecule has 0 unspecified atom stereocenters. The van der Waals surface area contributed by atoms with Gasteiger partial charge in [0, 0.05) is 0 Å². The molecule has 1 rings (SSSR count). The van der Waals surface area contributed by atoms with Gasteiger partial charge in [0.25, 0.3) is 0 Å². The Morgan fingerprint density at radius 2 is 2.33 bits per heavy atom. The van der Waals surface area contributed by atoms with Crippen LogP contribution in [0.1, 0.15) is 10.6 Å². The Labute approximate surface area is 55.8 Å². The van der Waals surface area contributed by atoms with Crippen molar-refractivity contribution in [2.75, 3.05) is 0 Å². The fourth-order valence-electron chi connectivity index (χ4n) is 0.429. The summed E-state index contributed by atoms with van der Waals surface area (Å²) in [4.78, 5) is 10.1. The number of hydrogen-bond donors (Lipinski definition) is 1. The van der Waals surface area contributed by atoms with E-state index in [1.54, 1.807) is 0 Å². The van der Waals surface area contributed by atoms with Crippen LogP contribution in [0.5, 0.6) is 0 Å². The summed E-state index contributed by atoms with van der Waals surface area (Å²) in [5, 5.41) is 8.34. The quantitative estimate of drug-likeness (QED) is 0.621. The molecule has 1 aromatic heterocycles. The number of aromatic carboxylic acids is 1. The summed E-state index contributed by atoms with van der Waals surface area (Å²) in [5.41, 5.74) is 0. The molecular weight excluding hydrogens is 148 g/mol. The molecule has 1 heterocycles. The van der Waals surface area contributed by atoms with Crippen molar-refractivity contribution in [3.05, 3.63) is 23.1 Å². The van der Waals surface area contributed by atoms with E-state index in [1.165, 1.54) is 12.1 Å². The lowest BCUT2D eigenvalue weighted by atomic mass is 11.4.